The van der Waals surface area contributed by atoms with Crippen LogP contribution in [0.2, 0.25) is 5.02 Å². The number of nitrogens with zero attached hydrogens (tertiary/aromatic N) is 2. The fourth-order valence-electron chi connectivity index (χ4n) is 1.96. The van der Waals surface area contributed by atoms with E-state index in [1.807, 2.05) is 13.0 Å². The van der Waals surface area contributed by atoms with Gasteiger partial charge in [-0.1, -0.05) is 11.6 Å². The lowest BCUT2D eigenvalue weighted by molar-refractivity contribution is -0.0406. The van der Waals surface area contributed by atoms with Crippen molar-refractivity contribution in [2.75, 3.05) is 19.7 Å². The summed E-state index contributed by atoms with van der Waals surface area (Å²) in [5.41, 5.74) is 6.85. The maximum atomic E-state index is 5.94. The quantitative estimate of drug-likeness (QED) is 0.884. The predicted molar refractivity (Wildman–Crippen MR) is 67.9 cm³/mol. The Morgan fingerprint density at radius 1 is 1.71 bits per heavy atom. The second-order valence-corrected chi connectivity index (χ2v) is 4.91. The Morgan fingerprint density at radius 2 is 2.53 bits per heavy atom. The largest absolute Gasteiger partial charge is 0.374 e. The Labute approximate surface area is 107 Å². The van der Waals surface area contributed by atoms with E-state index in [4.69, 9.17) is 22.1 Å². The molecule has 2 atom stereocenters. The molecule has 0 aliphatic carbocycles. The van der Waals surface area contributed by atoms with Crippen molar-refractivity contribution in [2.45, 2.75) is 25.6 Å². The monoisotopic (exact) mass is 255 g/mol. The minimum atomic E-state index is 0.0603. The van der Waals surface area contributed by atoms with E-state index in [0.29, 0.717) is 0 Å². The van der Waals surface area contributed by atoms with Crippen molar-refractivity contribution >= 4 is 11.6 Å². The summed E-state index contributed by atoms with van der Waals surface area (Å²) in [5, 5.41) is 0.729. The molecule has 0 aromatic carbocycles. The Morgan fingerprint density at radius 3 is 3.24 bits per heavy atom. The highest BCUT2D eigenvalue weighted by atomic mass is 35.5. The third-order valence-corrected chi connectivity index (χ3v) is 3.16. The summed E-state index contributed by atoms with van der Waals surface area (Å²) in [7, 11) is 0. The Balaban J connectivity index is 1.94. The topological polar surface area (TPSA) is 51.4 Å². The molecular weight excluding hydrogens is 238 g/mol. The number of halogens is 1. The first-order valence-electron chi connectivity index (χ1n) is 5.85. The van der Waals surface area contributed by atoms with E-state index >= 15 is 0 Å². The average molecular weight is 256 g/mol. The zero-order valence-electron chi connectivity index (χ0n) is 9.97. The molecule has 1 aliphatic rings. The second-order valence-electron chi connectivity index (χ2n) is 4.47. The van der Waals surface area contributed by atoms with Crippen LogP contribution < -0.4 is 5.73 Å². The Bertz CT molecular complexity index is 373. The first kappa shape index (κ1) is 12.8. The maximum Gasteiger partial charge on any atom is 0.0850 e. The number of nitrogens with two attached hydrogens (primary N) is 1. The van der Waals surface area contributed by atoms with Crippen LogP contribution in [0, 0.1) is 0 Å². The SMILES string of the molecule is CC(N)C1CN(Cc2cc(Cl)ccn2)CCO1. The molecule has 2 heterocycles. The summed E-state index contributed by atoms with van der Waals surface area (Å²) in [6, 6.07) is 3.75. The van der Waals surface area contributed by atoms with Gasteiger partial charge >= 0.3 is 0 Å². The third kappa shape index (κ3) is 3.64. The Hall–Kier alpha value is -0.680. The van der Waals surface area contributed by atoms with Crippen molar-refractivity contribution in [2.24, 2.45) is 5.73 Å². The van der Waals surface area contributed by atoms with Crippen molar-refractivity contribution in [3.8, 4) is 0 Å². The van der Waals surface area contributed by atoms with E-state index in [-0.39, 0.29) is 12.1 Å². The molecule has 0 amide bonds. The van der Waals surface area contributed by atoms with Crippen molar-refractivity contribution in [3.63, 3.8) is 0 Å². The fourth-order valence-corrected chi connectivity index (χ4v) is 2.14. The molecule has 2 N–H and O–H groups in total. The number of rotatable bonds is 3. The van der Waals surface area contributed by atoms with E-state index in [1.165, 1.54) is 0 Å². The first-order valence-corrected chi connectivity index (χ1v) is 6.23. The minimum absolute atomic E-state index is 0.0603. The van der Waals surface area contributed by atoms with Crippen molar-refractivity contribution in [1.29, 1.82) is 0 Å². The van der Waals surface area contributed by atoms with E-state index in [1.54, 1.807) is 12.3 Å². The molecule has 1 saturated heterocycles. The number of hydrogen-bond donors (Lipinski definition) is 1. The zero-order valence-corrected chi connectivity index (χ0v) is 10.7. The van der Waals surface area contributed by atoms with Crippen LogP contribution in [-0.2, 0) is 11.3 Å². The lowest BCUT2D eigenvalue weighted by Crippen LogP contribution is -2.49. The standard InChI is InChI=1S/C12H18ClN3O/c1-9(14)12-8-16(4-5-17-12)7-11-6-10(13)2-3-15-11/h2-3,6,9,12H,4-5,7-8,14H2,1H3. The molecule has 0 spiro atoms. The van der Waals surface area contributed by atoms with Gasteiger partial charge in [0.25, 0.3) is 0 Å². The predicted octanol–water partition coefficient (Wildman–Crippen LogP) is 1.28. The van der Waals surface area contributed by atoms with Gasteiger partial charge in [-0.25, -0.2) is 0 Å². The van der Waals surface area contributed by atoms with Crippen LogP contribution in [0.3, 0.4) is 0 Å². The van der Waals surface area contributed by atoms with Crippen molar-refractivity contribution in [1.82, 2.24) is 9.88 Å². The molecule has 1 aromatic heterocycles. The molecule has 4 nitrogen and oxygen atoms in total. The van der Waals surface area contributed by atoms with Crippen molar-refractivity contribution in [3.05, 3.63) is 29.0 Å². The summed E-state index contributed by atoms with van der Waals surface area (Å²) in [6.07, 6.45) is 1.85. The summed E-state index contributed by atoms with van der Waals surface area (Å²) >= 11 is 5.94. The fraction of sp³-hybridized carbons (Fsp3) is 0.583. The van der Waals surface area contributed by atoms with Gasteiger partial charge in [0.1, 0.15) is 0 Å². The molecule has 2 unspecified atom stereocenters. The van der Waals surface area contributed by atoms with Crippen molar-refractivity contribution < 1.29 is 4.74 Å². The van der Waals surface area contributed by atoms with Gasteiger partial charge in [0.15, 0.2) is 0 Å². The van der Waals surface area contributed by atoms with Crippen LogP contribution in [0.4, 0.5) is 0 Å². The van der Waals surface area contributed by atoms with Crippen LogP contribution in [0.25, 0.3) is 0 Å². The third-order valence-electron chi connectivity index (χ3n) is 2.93. The molecule has 0 saturated carbocycles. The first-order chi connectivity index (χ1) is 8.15. The number of morpholine rings is 1. The molecule has 94 valence electrons. The highest BCUT2D eigenvalue weighted by Gasteiger charge is 2.23. The van der Waals surface area contributed by atoms with Gasteiger partial charge in [0.2, 0.25) is 0 Å². The number of hydrogen-bond acceptors (Lipinski definition) is 4. The lowest BCUT2D eigenvalue weighted by Gasteiger charge is -2.34. The minimum Gasteiger partial charge on any atom is -0.374 e. The Kier molecular flexibility index (Phi) is 4.34. The van der Waals surface area contributed by atoms with Crippen LogP contribution in [-0.4, -0.2) is 41.7 Å². The lowest BCUT2D eigenvalue weighted by atomic mass is 10.1. The van der Waals surface area contributed by atoms with E-state index < -0.39 is 0 Å². The summed E-state index contributed by atoms with van der Waals surface area (Å²) in [5.74, 6) is 0. The number of aromatic nitrogens is 1. The molecule has 2 rings (SSSR count). The molecular formula is C12H18ClN3O. The summed E-state index contributed by atoms with van der Waals surface area (Å²) in [4.78, 5) is 6.61. The molecule has 17 heavy (non-hydrogen) atoms. The van der Waals surface area contributed by atoms with Gasteiger partial charge in [-0.2, -0.15) is 0 Å². The molecule has 1 aliphatic heterocycles. The van der Waals surface area contributed by atoms with Gasteiger partial charge in [-0.05, 0) is 19.1 Å². The summed E-state index contributed by atoms with van der Waals surface area (Å²) < 4.78 is 5.62. The van der Waals surface area contributed by atoms with Gasteiger partial charge in [-0.3, -0.25) is 9.88 Å². The molecule has 1 fully saturated rings. The zero-order chi connectivity index (χ0) is 12.3. The maximum absolute atomic E-state index is 5.94. The molecule has 1 aromatic rings. The average Bonchev–Trinajstić information content (AvgIpc) is 2.29. The normalized spacial score (nSPS) is 23.6. The van der Waals surface area contributed by atoms with Gasteiger partial charge in [-0.15, -0.1) is 0 Å². The van der Waals surface area contributed by atoms with Gasteiger partial charge < -0.3 is 10.5 Å². The highest BCUT2D eigenvalue weighted by Crippen LogP contribution is 2.13. The molecule has 0 radical (unpaired) electrons. The molecule has 0 bridgehead atoms. The van der Waals surface area contributed by atoms with Crippen LogP contribution in [0.1, 0.15) is 12.6 Å². The van der Waals surface area contributed by atoms with E-state index in [2.05, 4.69) is 9.88 Å². The van der Waals surface area contributed by atoms with E-state index in [9.17, 15) is 0 Å². The van der Waals surface area contributed by atoms with Crippen LogP contribution in [0.5, 0.6) is 0 Å². The smallest absolute Gasteiger partial charge is 0.0850 e. The van der Waals surface area contributed by atoms with E-state index in [0.717, 1.165) is 37.0 Å². The number of ether oxygens (including phenoxy) is 1. The van der Waals surface area contributed by atoms with Gasteiger partial charge in [0, 0.05) is 36.9 Å². The second kappa shape index (κ2) is 5.78. The summed E-state index contributed by atoms with van der Waals surface area (Å²) in [6.45, 7) is 5.27. The van der Waals surface area contributed by atoms with Crippen LogP contribution in [0.15, 0.2) is 18.3 Å². The van der Waals surface area contributed by atoms with Crippen LogP contribution >= 0.6 is 11.6 Å². The van der Waals surface area contributed by atoms with Gasteiger partial charge in [0.05, 0.1) is 18.4 Å². The highest BCUT2D eigenvalue weighted by molar-refractivity contribution is 6.30. The molecule has 5 heteroatoms. The number of pyridine rings is 1.